The molecule has 2 rings (SSSR count). The molecule has 2 aliphatic heterocycles. The fourth-order valence-electron chi connectivity index (χ4n) is 2.42. The average Bonchev–Trinajstić information content (AvgIpc) is 2.69. The molecule has 2 saturated heterocycles. The highest BCUT2D eigenvalue weighted by Gasteiger charge is 2.43. The average molecular weight is 226 g/mol. The van der Waals surface area contributed by atoms with E-state index in [1.54, 1.807) is 4.90 Å². The summed E-state index contributed by atoms with van der Waals surface area (Å²) in [5.41, 5.74) is 0. The normalized spacial score (nSPS) is 35.4. The van der Waals surface area contributed by atoms with Crippen LogP contribution >= 0.6 is 0 Å². The standard InChI is InChI=1S/C10H14N2O4/c1-5-3-12(4-6(5)10(15)16)7-2-8(13)11-9(7)14/h5-7H,2-4H2,1H3,(H,15,16)(H,11,13,14)/t5-,6-,7?/m1/s1. The lowest BCUT2D eigenvalue weighted by Gasteiger charge is -2.19. The largest absolute Gasteiger partial charge is 0.481 e. The maximum atomic E-state index is 11.4. The first-order valence-corrected chi connectivity index (χ1v) is 5.29. The van der Waals surface area contributed by atoms with Crippen LogP contribution < -0.4 is 5.32 Å². The zero-order valence-corrected chi connectivity index (χ0v) is 8.97. The fraction of sp³-hybridized carbons (Fsp3) is 0.700. The third-order valence-electron chi connectivity index (χ3n) is 3.34. The highest BCUT2D eigenvalue weighted by molar-refractivity contribution is 6.05. The molecule has 0 aromatic rings. The first-order valence-electron chi connectivity index (χ1n) is 5.29. The van der Waals surface area contributed by atoms with Crippen LogP contribution in [0.3, 0.4) is 0 Å². The molecule has 6 heteroatoms. The van der Waals surface area contributed by atoms with E-state index >= 15 is 0 Å². The molecular weight excluding hydrogens is 212 g/mol. The van der Waals surface area contributed by atoms with E-state index in [1.807, 2.05) is 6.92 Å². The van der Waals surface area contributed by atoms with Gasteiger partial charge in [-0.1, -0.05) is 6.92 Å². The smallest absolute Gasteiger partial charge is 0.308 e. The summed E-state index contributed by atoms with van der Waals surface area (Å²) in [6.07, 6.45) is 0.151. The number of carboxylic acid groups (broad SMARTS) is 1. The Labute approximate surface area is 92.6 Å². The Bertz CT molecular complexity index is 355. The molecule has 1 unspecified atom stereocenters. The summed E-state index contributed by atoms with van der Waals surface area (Å²) < 4.78 is 0. The van der Waals surface area contributed by atoms with Crippen molar-refractivity contribution < 1.29 is 19.5 Å². The topological polar surface area (TPSA) is 86.7 Å². The predicted octanol–water partition coefficient (Wildman–Crippen LogP) is -0.946. The van der Waals surface area contributed by atoms with Crippen molar-refractivity contribution in [3.63, 3.8) is 0 Å². The van der Waals surface area contributed by atoms with E-state index in [0.717, 1.165) is 0 Å². The van der Waals surface area contributed by atoms with Crippen LogP contribution in [0.15, 0.2) is 0 Å². The van der Waals surface area contributed by atoms with E-state index in [4.69, 9.17) is 5.11 Å². The lowest BCUT2D eigenvalue weighted by Crippen LogP contribution is -2.39. The van der Waals surface area contributed by atoms with Crippen LogP contribution in [-0.4, -0.2) is 46.9 Å². The number of likely N-dealkylation sites (tertiary alicyclic amines) is 1. The second kappa shape index (κ2) is 3.86. The van der Waals surface area contributed by atoms with Gasteiger partial charge in [-0.15, -0.1) is 0 Å². The maximum absolute atomic E-state index is 11.4. The molecule has 0 aromatic carbocycles. The minimum Gasteiger partial charge on any atom is -0.481 e. The summed E-state index contributed by atoms with van der Waals surface area (Å²) in [7, 11) is 0. The summed E-state index contributed by atoms with van der Waals surface area (Å²) in [4.78, 5) is 35.2. The molecule has 2 N–H and O–H groups in total. The number of hydrogen-bond acceptors (Lipinski definition) is 4. The van der Waals surface area contributed by atoms with E-state index < -0.39 is 17.9 Å². The molecule has 3 atom stereocenters. The van der Waals surface area contributed by atoms with Gasteiger partial charge in [-0.3, -0.25) is 24.6 Å². The van der Waals surface area contributed by atoms with E-state index in [2.05, 4.69) is 5.32 Å². The maximum Gasteiger partial charge on any atom is 0.308 e. The van der Waals surface area contributed by atoms with Gasteiger partial charge in [0.1, 0.15) is 0 Å². The third-order valence-corrected chi connectivity index (χ3v) is 3.34. The number of nitrogens with one attached hydrogen (secondary N) is 1. The Morgan fingerprint density at radius 2 is 2.12 bits per heavy atom. The SMILES string of the molecule is C[C@@H]1CN(C2CC(=O)NC2=O)C[C@H]1C(=O)O. The van der Waals surface area contributed by atoms with E-state index in [9.17, 15) is 14.4 Å². The van der Waals surface area contributed by atoms with Crippen molar-refractivity contribution >= 4 is 17.8 Å². The van der Waals surface area contributed by atoms with Crippen molar-refractivity contribution in [3.05, 3.63) is 0 Å². The molecule has 0 aliphatic carbocycles. The van der Waals surface area contributed by atoms with Crippen molar-refractivity contribution in [2.75, 3.05) is 13.1 Å². The number of amides is 2. The van der Waals surface area contributed by atoms with Crippen molar-refractivity contribution in [1.29, 1.82) is 0 Å². The molecule has 0 spiro atoms. The lowest BCUT2D eigenvalue weighted by atomic mass is 9.99. The molecule has 6 nitrogen and oxygen atoms in total. The Morgan fingerprint density at radius 3 is 2.56 bits per heavy atom. The minimum atomic E-state index is -0.834. The van der Waals surface area contributed by atoms with Crippen LogP contribution in [0.4, 0.5) is 0 Å². The summed E-state index contributed by atoms with van der Waals surface area (Å²) in [5, 5.41) is 11.2. The molecule has 0 saturated carbocycles. The van der Waals surface area contributed by atoms with Gasteiger partial charge in [0.15, 0.2) is 0 Å². The Morgan fingerprint density at radius 1 is 1.44 bits per heavy atom. The third kappa shape index (κ3) is 1.80. The molecule has 88 valence electrons. The Balaban J connectivity index is 2.05. The van der Waals surface area contributed by atoms with E-state index in [-0.39, 0.29) is 24.2 Å². The van der Waals surface area contributed by atoms with Gasteiger partial charge in [0.25, 0.3) is 0 Å². The highest BCUT2D eigenvalue weighted by Crippen LogP contribution is 2.27. The van der Waals surface area contributed by atoms with Crippen molar-refractivity contribution in [3.8, 4) is 0 Å². The van der Waals surface area contributed by atoms with Crippen molar-refractivity contribution in [1.82, 2.24) is 10.2 Å². The molecule has 0 bridgehead atoms. The number of aliphatic carboxylic acids is 1. The van der Waals surface area contributed by atoms with Crippen LogP contribution in [0.2, 0.25) is 0 Å². The second-order valence-corrected chi connectivity index (χ2v) is 4.51. The first kappa shape index (κ1) is 11.1. The van der Waals surface area contributed by atoms with Gasteiger partial charge in [0.05, 0.1) is 18.4 Å². The summed E-state index contributed by atoms with van der Waals surface area (Å²) >= 11 is 0. The number of nitrogens with zero attached hydrogens (tertiary/aromatic N) is 1. The molecule has 0 radical (unpaired) electrons. The Hall–Kier alpha value is -1.43. The van der Waals surface area contributed by atoms with E-state index in [1.165, 1.54) is 0 Å². The summed E-state index contributed by atoms with van der Waals surface area (Å²) in [6, 6.07) is -0.473. The quantitative estimate of drug-likeness (QED) is 0.593. The van der Waals surface area contributed by atoms with Crippen LogP contribution in [0, 0.1) is 11.8 Å². The molecule has 16 heavy (non-hydrogen) atoms. The molecule has 0 aromatic heterocycles. The van der Waals surface area contributed by atoms with Crippen molar-refractivity contribution in [2.24, 2.45) is 11.8 Å². The molecule has 2 heterocycles. The number of carbonyl (C=O) groups is 3. The van der Waals surface area contributed by atoms with Gasteiger partial charge in [0, 0.05) is 13.1 Å². The monoisotopic (exact) mass is 226 g/mol. The minimum absolute atomic E-state index is 0.0148. The summed E-state index contributed by atoms with van der Waals surface area (Å²) in [6.45, 7) is 2.76. The fourth-order valence-corrected chi connectivity index (χ4v) is 2.42. The predicted molar refractivity (Wildman–Crippen MR) is 53.4 cm³/mol. The van der Waals surface area contributed by atoms with Gasteiger partial charge in [-0.2, -0.15) is 0 Å². The first-order chi connectivity index (χ1) is 7.49. The van der Waals surface area contributed by atoms with Gasteiger partial charge >= 0.3 is 5.97 Å². The zero-order chi connectivity index (χ0) is 11.9. The van der Waals surface area contributed by atoms with Gasteiger partial charge < -0.3 is 5.11 Å². The van der Waals surface area contributed by atoms with Crippen LogP contribution in [0.25, 0.3) is 0 Å². The van der Waals surface area contributed by atoms with Crippen LogP contribution in [-0.2, 0) is 14.4 Å². The van der Waals surface area contributed by atoms with Gasteiger partial charge in [-0.05, 0) is 5.92 Å². The molecular formula is C10H14N2O4. The number of imide groups is 1. The van der Waals surface area contributed by atoms with Gasteiger partial charge in [-0.25, -0.2) is 0 Å². The van der Waals surface area contributed by atoms with E-state index in [0.29, 0.717) is 13.1 Å². The summed E-state index contributed by atoms with van der Waals surface area (Å²) in [5.74, 6) is -1.84. The number of hydrogen-bond donors (Lipinski definition) is 2. The second-order valence-electron chi connectivity index (χ2n) is 4.51. The Kier molecular flexibility index (Phi) is 2.67. The number of carboxylic acids is 1. The molecule has 2 aliphatic rings. The number of carbonyl (C=O) groups excluding carboxylic acids is 2. The van der Waals surface area contributed by atoms with Crippen LogP contribution in [0.1, 0.15) is 13.3 Å². The lowest BCUT2D eigenvalue weighted by molar-refractivity contribution is -0.142. The van der Waals surface area contributed by atoms with Gasteiger partial charge in [0.2, 0.25) is 11.8 Å². The van der Waals surface area contributed by atoms with Crippen LogP contribution in [0.5, 0.6) is 0 Å². The molecule has 2 amide bonds. The highest BCUT2D eigenvalue weighted by atomic mass is 16.4. The molecule has 2 fully saturated rings. The van der Waals surface area contributed by atoms with Crippen molar-refractivity contribution in [2.45, 2.75) is 19.4 Å². The number of rotatable bonds is 2. The zero-order valence-electron chi connectivity index (χ0n) is 8.97.